The van der Waals surface area contributed by atoms with Gasteiger partial charge in [-0.1, -0.05) is 0 Å². The molecule has 2 heterocycles. The third kappa shape index (κ3) is 3.13. The maximum atomic E-state index is 11.4. The number of nitrogen functional groups attached to an aromatic ring is 1. The Bertz CT molecular complexity index is 504. The Labute approximate surface area is 96.9 Å². The molecule has 17 heavy (non-hydrogen) atoms. The van der Waals surface area contributed by atoms with Crippen LogP contribution in [0.15, 0.2) is 17.1 Å². The molecule has 0 saturated carbocycles. The van der Waals surface area contributed by atoms with Crippen molar-refractivity contribution in [3.8, 4) is 0 Å². The van der Waals surface area contributed by atoms with Gasteiger partial charge in [0.15, 0.2) is 0 Å². The van der Waals surface area contributed by atoms with Gasteiger partial charge in [0.25, 0.3) is 7.52 Å². The smallest absolute Gasteiger partial charge is 0.349 e. The minimum absolute atomic E-state index is 0.161. The highest BCUT2D eigenvalue weighted by Gasteiger charge is 2.28. The fourth-order valence-electron chi connectivity index (χ4n) is 1.47. The lowest BCUT2D eigenvalue weighted by Gasteiger charge is -2.27. The molecule has 9 heteroatoms. The van der Waals surface area contributed by atoms with Crippen LogP contribution in [0.2, 0.25) is 0 Å². The second kappa shape index (κ2) is 4.58. The molecule has 0 spiro atoms. The second-order valence-electron chi connectivity index (χ2n) is 3.77. The first-order valence-electron chi connectivity index (χ1n) is 4.98. The van der Waals surface area contributed by atoms with E-state index in [1.165, 1.54) is 16.8 Å². The summed E-state index contributed by atoms with van der Waals surface area (Å²) in [6.07, 6.45) is 0.919. The standard InChI is InChI=1S/C8H13N4O4P/c9-7-1-2-12(8(13)11-7)4-6-3-10-17(14,15)5-16-6/h1-2,6H,3-5H2,(H2,9,11,13)(H2,10,14,15)/t6-/m1/s1. The molecule has 0 aliphatic carbocycles. The topological polar surface area (TPSA) is 119 Å². The molecule has 1 fully saturated rings. The molecular formula is C8H13N4O4P. The van der Waals surface area contributed by atoms with Gasteiger partial charge in [0.05, 0.1) is 12.6 Å². The molecule has 94 valence electrons. The normalized spacial score (nSPS) is 29.1. The van der Waals surface area contributed by atoms with Crippen LogP contribution in [0.3, 0.4) is 0 Å². The average molecular weight is 260 g/mol. The van der Waals surface area contributed by atoms with Crippen LogP contribution in [0.1, 0.15) is 0 Å². The zero-order valence-electron chi connectivity index (χ0n) is 8.94. The number of rotatable bonds is 2. The van der Waals surface area contributed by atoms with Crippen LogP contribution in [0.4, 0.5) is 5.82 Å². The first-order valence-corrected chi connectivity index (χ1v) is 6.82. The van der Waals surface area contributed by atoms with E-state index in [4.69, 9.17) is 10.5 Å². The molecular weight excluding hydrogens is 247 g/mol. The molecule has 1 aromatic rings. The van der Waals surface area contributed by atoms with E-state index in [-0.39, 0.29) is 31.4 Å². The Morgan fingerprint density at radius 3 is 3.12 bits per heavy atom. The van der Waals surface area contributed by atoms with Gasteiger partial charge in [-0.3, -0.25) is 9.13 Å². The third-order valence-electron chi connectivity index (χ3n) is 2.35. The van der Waals surface area contributed by atoms with Crippen LogP contribution >= 0.6 is 7.52 Å². The van der Waals surface area contributed by atoms with E-state index in [0.717, 1.165) is 0 Å². The summed E-state index contributed by atoms with van der Waals surface area (Å²) in [5.74, 6) is 0.161. The largest absolute Gasteiger partial charge is 0.383 e. The van der Waals surface area contributed by atoms with Gasteiger partial charge in [0.2, 0.25) is 0 Å². The molecule has 1 unspecified atom stereocenters. The quantitative estimate of drug-likeness (QED) is 0.581. The Kier molecular flexibility index (Phi) is 3.30. The second-order valence-corrected chi connectivity index (χ2v) is 5.75. The molecule has 0 radical (unpaired) electrons. The van der Waals surface area contributed by atoms with Gasteiger partial charge in [0, 0.05) is 12.7 Å². The van der Waals surface area contributed by atoms with Crippen molar-refractivity contribution >= 4 is 13.3 Å². The fourth-order valence-corrected chi connectivity index (χ4v) is 2.47. The van der Waals surface area contributed by atoms with Crippen LogP contribution in [0.5, 0.6) is 0 Å². The van der Waals surface area contributed by atoms with E-state index in [0.29, 0.717) is 0 Å². The van der Waals surface area contributed by atoms with Crippen molar-refractivity contribution in [1.82, 2.24) is 14.6 Å². The molecule has 2 atom stereocenters. The number of hydrogen-bond acceptors (Lipinski definition) is 5. The van der Waals surface area contributed by atoms with Gasteiger partial charge >= 0.3 is 5.69 Å². The van der Waals surface area contributed by atoms with Gasteiger partial charge in [-0.2, -0.15) is 4.98 Å². The highest BCUT2D eigenvalue weighted by Crippen LogP contribution is 2.37. The van der Waals surface area contributed by atoms with Crippen molar-refractivity contribution in [2.45, 2.75) is 12.6 Å². The van der Waals surface area contributed by atoms with E-state index >= 15 is 0 Å². The van der Waals surface area contributed by atoms with E-state index in [2.05, 4.69) is 10.1 Å². The Hall–Kier alpha value is -1.21. The van der Waals surface area contributed by atoms with Crippen molar-refractivity contribution in [2.75, 3.05) is 18.6 Å². The number of nitrogens with one attached hydrogen (secondary N) is 1. The number of nitrogens with two attached hydrogens (primary N) is 1. The van der Waals surface area contributed by atoms with Gasteiger partial charge in [0.1, 0.15) is 12.2 Å². The first kappa shape index (κ1) is 12.3. The van der Waals surface area contributed by atoms with E-state index in [9.17, 15) is 14.3 Å². The van der Waals surface area contributed by atoms with Crippen LogP contribution in [-0.2, 0) is 15.8 Å². The zero-order chi connectivity index (χ0) is 12.5. The SMILES string of the molecule is Nc1ccn(C[C@H]2CNP(=O)(O)CO2)c(=O)n1. The summed E-state index contributed by atoms with van der Waals surface area (Å²) in [5.41, 5.74) is 4.89. The predicted octanol–water partition coefficient (Wildman–Crippen LogP) is -1.04. The number of ether oxygens (including phenoxy) is 1. The Morgan fingerprint density at radius 1 is 1.76 bits per heavy atom. The Balaban J connectivity index is 2.03. The van der Waals surface area contributed by atoms with E-state index in [1.807, 2.05) is 0 Å². The van der Waals surface area contributed by atoms with Crippen molar-refractivity contribution in [1.29, 1.82) is 0 Å². The molecule has 4 N–H and O–H groups in total. The van der Waals surface area contributed by atoms with Crippen molar-refractivity contribution in [3.05, 3.63) is 22.7 Å². The lowest BCUT2D eigenvalue weighted by atomic mass is 10.3. The number of nitrogens with zero attached hydrogens (tertiary/aromatic N) is 2. The number of hydrogen-bond donors (Lipinski definition) is 3. The summed E-state index contributed by atoms with van der Waals surface area (Å²) in [4.78, 5) is 24.2. The molecule has 0 aromatic carbocycles. The molecule has 1 aromatic heterocycles. The van der Waals surface area contributed by atoms with Gasteiger partial charge in [-0.25, -0.2) is 9.88 Å². The van der Waals surface area contributed by atoms with Crippen molar-refractivity contribution in [2.24, 2.45) is 0 Å². The van der Waals surface area contributed by atoms with Crippen LogP contribution in [0.25, 0.3) is 0 Å². The van der Waals surface area contributed by atoms with E-state index in [1.54, 1.807) is 0 Å². The highest BCUT2D eigenvalue weighted by atomic mass is 31.2. The minimum atomic E-state index is -3.34. The fraction of sp³-hybridized carbons (Fsp3) is 0.500. The average Bonchev–Trinajstić information content (AvgIpc) is 2.25. The van der Waals surface area contributed by atoms with Gasteiger partial charge in [-0.05, 0) is 6.07 Å². The summed E-state index contributed by atoms with van der Waals surface area (Å²) in [7, 11) is -3.34. The zero-order valence-corrected chi connectivity index (χ0v) is 9.84. The van der Waals surface area contributed by atoms with Gasteiger partial charge in [-0.15, -0.1) is 0 Å². The summed E-state index contributed by atoms with van der Waals surface area (Å²) < 4.78 is 17.7. The maximum Gasteiger partial charge on any atom is 0.349 e. The molecule has 1 aliphatic heterocycles. The van der Waals surface area contributed by atoms with Crippen LogP contribution < -0.4 is 16.5 Å². The summed E-state index contributed by atoms with van der Waals surface area (Å²) in [5, 5.41) is 2.49. The maximum absolute atomic E-state index is 11.4. The molecule has 8 nitrogen and oxygen atoms in total. The highest BCUT2D eigenvalue weighted by molar-refractivity contribution is 7.55. The van der Waals surface area contributed by atoms with Crippen molar-refractivity contribution < 1.29 is 14.2 Å². The summed E-state index contributed by atoms with van der Waals surface area (Å²) in [6.45, 7) is 0.476. The molecule has 0 amide bonds. The van der Waals surface area contributed by atoms with Crippen molar-refractivity contribution in [3.63, 3.8) is 0 Å². The van der Waals surface area contributed by atoms with Crippen LogP contribution in [-0.4, -0.2) is 33.4 Å². The lowest BCUT2D eigenvalue weighted by molar-refractivity contribution is 0.0556. The number of aromatic nitrogens is 2. The minimum Gasteiger partial charge on any atom is -0.383 e. The van der Waals surface area contributed by atoms with Gasteiger partial charge < -0.3 is 15.4 Å². The van der Waals surface area contributed by atoms with Crippen LogP contribution in [0, 0.1) is 0 Å². The molecule has 1 aliphatic rings. The first-order chi connectivity index (χ1) is 7.96. The third-order valence-corrected chi connectivity index (χ3v) is 3.52. The summed E-state index contributed by atoms with van der Waals surface area (Å²) in [6, 6.07) is 1.51. The molecule has 2 rings (SSSR count). The Morgan fingerprint density at radius 2 is 2.53 bits per heavy atom. The molecule has 0 bridgehead atoms. The van der Waals surface area contributed by atoms with E-state index < -0.39 is 13.2 Å². The number of anilines is 1. The lowest BCUT2D eigenvalue weighted by Crippen LogP contribution is -2.39. The predicted molar refractivity (Wildman–Crippen MR) is 60.5 cm³/mol. The monoisotopic (exact) mass is 260 g/mol. The molecule has 1 saturated heterocycles. The summed E-state index contributed by atoms with van der Waals surface area (Å²) >= 11 is 0.